The number of amides is 1. The largest absolute Gasteiger partial charge is 0.366 e. The molecule has 2 aromatic carbocycles. The van der Waals surface area contributed by atoms with Gasteiger partial charge in [0, 0.05) is 12.1 Å². The van der Waals surface area contributed by atoms with Crippen LogP contribution in [0.4, 0.5) is 0 Å². The second-order valence-corrected chi connectivity index (χ2v) is 7.08. The molecule has 6 nitrogen and oxygen atoms in total. The first kappa shape index (κ1) is 20.3. The fourth-order valence-corrected chi connectivity index (χ4v) is 3.34. The number of nitrogens with two attached hydrogens (primary N) is 1. The van der Waals surface area contributed by atoms with Crippen molar-refractivity contribution in [2.45, 2.75) is 26.3 Å². The van der Waals surface area contributed by atoms with Crippen molar-refractivity contribution < 1.29 is 4.79 Å². The second-order valence-electron chi connectivity index (χ2n) is 7.08. The molecule has 0 saturated heterocycles. The van der Waals surface area contributed by atoms with Gasteiger partial charge in [0.25, 0.3) is 5.56 Å². The van der Waals surface area contributed by atoms with Gasteiger partial charge in [-0.15, -0.1) is 6.42 Å². The molecule has 1 heterocycles. The van der Waals surface area contributed by atoms with Crippen molar-refractivity contribution in [2.24, 2.45) is 5.73 Å². The molecule has 0 atom stereocenters. The number of carbonyl (C=O) groups excluding carboxylic acids is 1. The van der Waals surface area contributed by atoms with Crippen LogP contribution in [0.25, 0.3) is 10.9 Å². The van der Waals surface area contributed by atoms with Crippen molar-refractivity contribution in [1.82, 2.24) is 14.9 Å². The third-order valence-electron chi connectivity index (χ3n) is 4.79. The molecule has 3 N–H and O–H groups in total. The van der Waals surface area contributed by atoms with Gasteiger partial charge in [-0.2, -0.15) is 0 Å². The van der Waals surface area contributed by atoms with Gasteiger partial charge in [0.1, 0.15) is 5.82 Å². The highest BCUT2D eigenvalue weighted by Crippen LogP contribution is 2.13. The number of rotatable bonds is 8. The molecule has 0 aliphatic carbocycles. The first-order chi connectivity index (χ1) is 14.0. The van der Waals surface area contributed by atoms with E-state index in [1.54, 1.807) is 19.1 Å². The lowest BCUT2D eigenvalue weighted by atomic mass is 10.1. The highest BCUT2D eigenvalue weighted by molar-refractivity contribution is 5.92. The second kappa shape index (κ2) is 9.18. The number of hydrogen-bond acceptors (Lipinski definition) is 4. The first-order valence-corrected chi connectivity index (χ1v) is 9.50. The third kappa shape index (κ3) is 5.31. The lowest BCUT2D eigenvalue weighted by Gasteiger charge is -2.20. The Kier molecular flexibility index (Phi) is 6.43. The van der Waals surface area contributed by atoms with E-state index in [4.69, 9.17) is 12.2 Å². The summed E-state index contributed by atoms with van der Waals surface area (Å²) in [5.74, 6) is 2.89. The van der Waals surface area contributed by atoms with Crippen molar-refractivity contribution in [3.05, 3.63) is 75.3 Å². The monoisotopic (exact) mass is 388 g/mol. The van der Waals surface area contributed by atoms with Gasteiger partial charge < -0.3 is 10.7 Å². The molecule has 148 valence electrons. The van der Waals surface area contributed by atoms with E-state index in [0.717, 1.165) is 30.5 Å². The van der Waals surface area contributed by atoms with Crippen LogP contribution in [0.2, 0.25) is 0 Å². The summed E-state index contributed by atoms with van der Waals surface area (Å²) in [5, 5.41) is 0.586. The van der Waals surface area contributed by atoms with Crippen LogP contribution in [0.15, 0.2) is 47.3 Å². The molecule has 3 aromatic rings. The zero-order chi connectivity index (χ0) is 20.8. The molecule has 1 amide bonds. The molecule has 6 heteroatoms. The standard InChI is InChI=1S/C23H24N4O2/c1-3-12-27(13-4-5-17-6-9-19(10-7-17)22(24)28)15-18-8-11-21-20(14-18)23(29)26-16(2)25-21/h1,6-11,14H,4-5,12-13,15H2,2H3,(H2,24,28)(H,25,26,29). The first-order valence-electron chi connectivity index (χ1n) is 9.50. The van der Waals surface area contributed by atoms with Crippen molar-refractivity contribution >= 4 is 16.8 Å². The molecule has 0 radical (unpaired) electrons. The number of fused-ring (bicyclic) bond motifs is 1. The van der Waals surface area contributed by atoms with E-state index in [1.165, 1.54) is 0 Å². The average molecular weight is 388 g/mol. The summed E-state index contributed by atoms with van der Waals surface area (Å²) in [6.45, 7) is 3.78. The summed E-state index contributed by atoms with van der Waals surface area (Å²) in [7, 11) is 0. The maximum Gasteiger partial charge on any atom is 0.258 e. The molecule has 0 spiro atoms. The number of H-pyrrole nitrogens is 1. The van der Waals surface area contributed by atoms with Gasteiger partial charge in [0.2, 0.25) is 5.91 Å². The SMILES string of the molecule is C#CCN(CCCc1ccc(C(N)=O)cc1)Cc1ccc2nc(C)[nH]c(=O)c2c1. The van der Waals surface area contributed by atoms with Crippen LogP contribution >= 0.6 is 0 Å². The van der Waals surface area contributed by atoms with E-state index in [-0.39, 0.29) is 5.56 Å². The minimum atomic E-state index is -0.420. The van der Waals surface area contributed by atoms with Crippen LogP contribution in [0, 0.1) is 19.3 Å². The zero-order valence-corrected chi connectivity index (χ0v) is 16.4. The van der Waals surface area contributed by atoms with Crippen LogP contribution in [-0.4, -0.2) is 33.9 Å². The number of nitrogens with one attached hydrogen (secondary N) is 1. The Hall–Kier alpha value is -3.43. The summed E-state index contributed by atoms with van der Waals surface area (Å²) in [5.41, 5.74) is 8.52. The number of carbonyl (C=O) groups is 1. The lowest BCUT2D eigenvalue weighted by Crippen LogP contribution is -2.25. The highest BCUT2D eigenvalue weighted by atomic mass is 16.1. The predicted molar refractivity (Wildman–Crippen MR) is 114 cm³/mol. The number of aromatic nitrogens is 2. The fourth-order valence-electron chi connectivity index (χ4n) is 3.34. The molecule has 1 aromatic heterocycles. The molecule has 0 bridgehead atoms. The van der Waals surface area contributed by atoms with Gasteiger partial charge in [-0.3, -0.25) is 14.5 Å². The summed E-state index contributed by atoms with van der Waals surface area (Å²) in [4.78, 5) is 32.6. The number of benzene rings is 2. The van der Waals surface area contributed by atoms with Crippen molar-refractivity contribution in [2.75, 3.05) is 13.1 Å². The van der Waals surface area contributed by atoms with E-state index in [0.29, 0.717) is 35.4 Å². The quantitative estimate of drug-likeness (QED) is 0.580. The highest BCUT2D eigenvalue weighted by Gasteiger charge is 2.08. The summed E-state index contributed by atoms with van der Waals surface area (Å²) < 4.78 is 0. The summed E-state index contributed by atoms with van der Waals surface area (Å²) in [6, 6.07) is 13.1. The van der Waals surface area contributed by atoms with E-state index in [1.807, 2.05) is 30.3 Å². The van der Waals surface area contributed by atoms with Crippen LogP contribution in [-0.2, 0) is 13.0 Å². The number of terminal acetylenes is 1. The van der Waals surface area contributed by atoms with Crippen LogP contribution in [0.5, 0.6) is 0 Å². The Bertz CT molecular complexity index is 1110. The van der Waals surface area contributed by atoms with Gasteiger partial charge >= 0.3 is 0 Å². The Balaban J connectivity index is 1.64. The topological polar surface area (TPSA) is 92.1 Å². The van der Waals surface area contributed by atoms with Crippen LogP contribution < -0.4 is 11.3 Å². The van der Waals surface area contributed by atoms with Gasteiger partial charge in [-0.05, 0) is 61.7 Å². The summed E-state index contributed by atoms with van der Waals surface area (Å²) in [6.07, 6.45) is 7.34. The Morgan fingerprint density at radius 1 is 1.21 bits per heavy atom. The molecule has 0 aliphatic rings. The molecule has 0 saturated carbocycles. The smallest absolute Gasteiger partial charge is 0.258 e. The van der Waals surface area contributed by atoms with Crippen molar-refractivity contribution in [1.29, 1.82) is 0 Å². The lowest BCUT2D eigenvalue weighted by molar-refractivity contribution is 0.100. The molecule has 0 unspecified atom stereocenters. The summed E-state index contributed by atoms with van der Waals surface area (Å²) >= 11 is 0. The minimum Gasteiger partial charge on any atom is -0.366 e. The van der Waals surface area contributed by atoms with Gasteiger partial charge in [0.05, 0.1) is 17.4 Å². The van der Waals surface area contributed by atoms with Gasteiger partial charge in [-0.25, -0.2) is 4.98 Å². The molecule has 0 aliphatic heterocycles. The third-order valence-corrected chi connectivity index (χ3v) is 4.79. The van der Waals surface area contributed by atoms with Gasteiger partial charge in [-0.1, -0.05) is 24.1 Å². The number of hydrogen-bond donors (Lipinski definition) is 2. The predicted octanol–water partition coefficient (Wildman–Crippen LogP) is 2.40. The Morgan fingerprint density at radius 3 is 2.62 bits per heavy atom. The Morgan fingerprint density at radius 2 is 1.93 bits per heavy atom. The molecular formula is C23H24N4O2. The van der Waals surface area contributed by atoms with E-state index >= 15 is 0 Å². The van der Waals surface area contributed by atoms with Crippen LogP contribution in [0.1, 0.15) is 33.7 Å². The number of aromatic amines is 1. The van der Waals surface area contributed by atoms with E-state index in [9.17, 15) is 9.59 Å². The van der Waals surface area contributed by atoms with Crippen molar-refractivity contribution in [3.8, 4) is 12.3 Å². The average Bonchev–Trinajstić information content (AvgIpc) is 2.69. The zero-order valence-electron chi connectivity index (χ0n) is 16.4. The van der Waals surface area contributed by atoms with Crippen LogP contribution in [0.3, 0.4) is 0 Å². The van der Waals surface area contributed by atoms with Crippen molar-refractivity contribution in [3.63, 3.8) is 0 Å². The van der Waals surface area contributed by atoms with E-state index < -0.39 is 5.91 Å². The fraction of sp³-hybridized carbons (Fsp3) is 0.261. The number of primary amides is 1. The number of nitrogens with zero attached hydrogens (tertiary/aromatic N) is 2. The van der Waals surface area contributed by atoms with Gasteiger partial charge in [0.15, 0.2) is 0 Å². The minimum absolute atomic E-state index is 0.128. The molecule has 3 rings (SSSR count). The Labute approximate surface area is 169 Å². The normalized spacial score (nSPS) is 10.9. The maximum atomic E-state index is 12.2. The molecular weight excluding hydrogens is 364 g/mol. The molecule has 0 fully saturated rings. The number of aryl methyl sites for hydroxylation is 2. The molecule has 29 heavy (non-hydrogen) atoms. The van der Waals surface area contributed by atoms with E-state index in [2.05, 4.69) is 20.8 Å². The maximum absolute atomic E-state index is 12.2.